The molecule has 0 bridgehead atoms. The Morgan fingerprint density at radius 3 is 2.65 bits per heavy atom. The first-order valence-corrected chi connectivity index (χ1v) is 7.21. The summed E-state index contributed by atoms with van der Waals surface area (Å²) in [4.78, 5) is 35.6. The number of carbonyl (C=O) groups excluding carboxylic acids is 3. The fourth-order valence-corrected chi connectivity index (χ4v) is 2.69. The van der Waals surface area contributed by atoms with Gasteiger partial charge in [-0.25, -0.2) is 0 Å². The number of benzene rings is 1. The smallest absolute Gasteiger partial charge is 0.310 e. The van der Waals surface area contributed by atoms with Gasteiger partial charge in [0.1, 0.15) is 23.7 Å². The fourth-order valence-electron chi connectivity index (χ4n) is 2.69. The van der Waals surface area contributed by atoms with E-state index in [0.717, 1.165) is 6.07 Å². The highest BCUT2D eigenvalue weighted by Gasteiger charge is 2.28. The number of esters is 2. The monoisotopic (exact) mass is 322 g/mol. The molecule has 23 heavy (non-hydrogen) atoms. The molecule has 1 aromatic carbocycles. The molecule has 2 N–H and O–H groups in total. The van der Waals surface area contributed by atoms with Crippen molar-refractivity contribution in [3.63, 3.8) is 0 Å². The van der Waals surface area contributed by atoms with Crippen molar-refractivity contribution in [2.45, 2.75) is 45.3 Å². The maximum Gasteiger partial charge on any atom is 0.310 e. The van der Waals surface area contributed by atoms with Crippen molar-refractivity contribution in [2.75, 3.05) is 0 Å². The lowest BCUT2D eigenvalue weighted by Gasteiger charge is -2.23. The second-order valence-corrected chi connectivity index (χ2v) is 5.57. The molecular weight excluding hydrogens is 304 g/mol. The van der Waals surface area contributed by atoms with E-state index in [-0.39, 0.29) is 36.1 Å². The summed E-state index contributed by atoms with van der Waals surface area (Å²) < 4.78 is 10.3. The van der Waals surface area contributed by atoms with E-state index in [4.69, 9.17) is 9.47 Å². The van der Waals surface area contributed by atoms with E-state index < -0.39 is 35.7 Å². The molecule has 2 rings (SSSR count). The molecule has 0 saturated heterocycles. The van der Waals surface area contributed by atoms with Gasteiger partial charge in [-0.3, -0.25) is 14.4 Å². The standard InChI is InChI=1S/C16H18O7/c1-8-3-12(23-9(2)17)7-14(20)16-10(5-15(21)22-8)4-11(18)6-13(16)19/h4,6,8,12,18-19H,3,5,7H2,1-2H3/t8-,12+/m1/s1. The van der Waals surface area contributed by atoms with E-state index >= 15 is 0 Å². The second-order valence-electron chi connectivity index (χ2n) is 5.57. The topological polar surface area (TPSA) is 110 Å². The van der Waals surface area contributed by atoms with Crippen LogP contribution in [0.4, 0.5) is 0 Å². The Balaban J connectivity index is 2.43. The van der Waals surface area contributed by atoms with Crippen LogP contribution in [0, 0.1) is 0 Å². The van der Waals surface area contributed by atoms with Gasteiger partial charge in [0.05, 0.1) is 12.0 Å². The first-order chi connectivity index (χ1) is 10.8. The molecule has 0 aromatic heterocycles. The van der Waals surface area contributed by atoms with Crippen LogP contribution in [0.15, 0.2) is 12.1 Å². The maximum absolute atomic E-state index is 12.5. The molecule has 0 fully saturated rings. The van der Waals surface area contributed by atoms with Gasteiger partial charge in [0.15, 0.2) is 5.78 Å². The van der Waals surface area contributed by atoms with Gasteiger partial charge < -0.3 is 19.7 Å². The number of hydrogen-bond acceptors (Lipinski definition) is 7. The van der Waals surface area contributed by atoms with Gasteiger partial charge in [0.25, 0.3) is 0 Å². The SMILES string of the molecule is CC(=O)O[C@@H]1CC(=O)c2c(O)cc(O)cc2CC(=O)O[C@H](C)C1. The molecule has 0 spiro atoms. The molecule has 1 aliphatic rings. The molecule has 7 nitrogen and oxygen atoms in total. The first-order valence-electron chi connectivity index (χ1n) is 7.21. The summed E-state index contributed by atoms with van der Waals surface area (Å²) in [6.07, 6.45) is -1.50. The highest BCUT2D eigenvalue weighted by atomic mass is 16.6. The number of hydrogen-bond donors (Lipinski definition) is 2. The van der Waals surface area contributed by atoms with E-state index in [1.54, 1.807) is 6.92 Å². The normalized spacial score (nSPS) is 22.0. The summed E-state index contributed by atoms with van der Waals surface area (Å²) in [7, 11) is 0. The van der Waals surface area contributed by atoms with E-state index in [9.17, 15) is 24.6 Å². The Bertz CT molecular complexity index is 650. The zero-order valence-electron chi connectivity index (χ0n) is 12.9. The zero-order chi connectivity index (χ0) is 17.1. The Morgan fingerprint density at radius 1 is 1.30 bits per heavy atom. The third-order valence-corrected chi connectivity index (χ3v) is 3.47. The van der Waals surface area contributed by atoms with Crippen LogP contribution in [-0.2, 0) is 25.5 Å². The number of Topliss-reactive ketones (excluding diaryl/α,β-unsaturated/α-hetero) is 1. The van der Waals surface area contributed by atoms with Crippen LogP contribution in [0.2, 0.25) is 0 Å². The molecule has 0 saturated carbocycles. The van der Waals surface area contributed by atoms with Crippen LogP contribution in [0.3, 0.4) is 0 Å². The Kier molecular flexibility index (Phi) is 4.88. The van der Waals surface area contributed by atoms with E-state index in [1.165, 1.54) is 13.0 Å². The average molecular weight is 322 g/mol. The zero-order valence-corrected chi connectivity index (χ0v) is 12.9. The summed E-state index contributed by atoms with van der Waals surface area (Å²) in [5.74, 6) is -2.30. The van der Waals surface area contributed by atoms with Crippen molar-refractivity contribution in [3.8, 4) is 11.5 Å². The molecule has 0 unspecified atom stereocenters. The highest BCUT2D eigenvalue weighted by molar-refractivity contribution is 6.01. The molecule has 7 heteroatoms. The van der Waals surface area contributed by atoms with Crippen molar-refractivity contribution >= 4 is 17.7 Å². The summed E-state index contributed by atoms with van der Waals surface area (Å²) in [5, 5.41) is 19.5. The number of phenolic OH excluding ortho intramolecular Hbond substituents is 2. The average Bonchev–Trinajstić information content (AvgIpc) is 2.34. The summed E-state index contributed by atoms with van der Waals surface area (Å²) in [6.45, 7) is 2.87. The van der Waals surface area contributed by atoms with Crippen LogP contribution < -0.4 is 0 Å². The number of carbonyl (C=O) groups is 3. The summed E-state index contributed by atoms with van der Waals surface area (Å²) >= 11 is 0. The molecule has 0 radical (unpaired) electrons. The van der Waals surface area contributed by atoms with Crippen LogP contribution in [0.1, 0.15) is 42.6 Å². The van der Waals surface area contributed by atoms with Gasteiger partial charge in [-0.15, -0.1) is 0 Å². The number of rotatable bonds is 1. The van der Waals surface area contributed by atoms with E-state index in [2.05, 4.69) is 0 Å². The molecule has 0 aliphatic carbocycles. The summed E-state index contributed by atoms with van der Waals surface area (Å²) in [6, 6.07) is 2.26. The van der Waals surface area contributed by atoms with Gasteiger partial charge >= 0.3 is 11.9 Å². The van der Waals surface area contributed by atoms with Crippen molar-refractivity contribution in [2.24, 2.45) is 0 Å². The van der Waals surface area contributed by atoms with Crippen molar-refractivity contribution < 1.29 is 34.1 Å². The quantitative estimate of drug-likeness (QED) is 0.753. The minimum absolute atomic E-state index is 0.0635. The van der Waals surface area contributed by atoms with Crippen molar-refractivity contribution in [1.29, 1.82) is 0 Å². The number of ether oxygens (including phenoxy) is 2. The van der Waals surface area contributed by atoms with Crippen molar-refractivity contribution in [3.05, 3.63) is 23.3 Å². The lowest BCUT2D eigenvalue weighted by Crippen LogP contribution is -2.29. The van der Waals surface area contributed by atoms with Crippen LogP contribution in [0.25, 0.3) is 0 Å². The highest BCUT2D eigenvalue weighted by Crippen LogP contribution is 2.30. The first kappa shape index (κ1) is 16.8. The number of aromatic hydroxyl groups is 2. The molecule has 0 amide bonds. The van der Waals surface area contributed by atoms with Crippen LogP contribution >= 0.6 is 0 Å². The maximum atomic E-state index is 12.5. The molecular formula is C16H18O7. The molecule has 124 valence electrons. The number of fused-ring (bicyclic) bond motifs is 1. The second kappa shape index (κ2) is 6.68. The Labute approximate surface area is 132 Å². The molecule has 1 aromatic rings. The van der Waals surface area contributed by atoms with Crippen LogP contribution in [0.5, 0.6) is 11.5 Å². The Morgan fingerprint density at radius 2 is 2.00 bits per heavy atom. The Hall–Kier alpha value is -2.57. The number of phenols is 2. The summed E-state index contributed by atoms with van der Waals surface area (Å²) in [5.41, 5.74) is 0.111. The minimum atomic E-state index is -0.762. The third kappa shape index (κ3) is 4.21. The number of ketones is 1. The van der Waals surface area contributed by atoms with E-state index in [0.29, 0.717) is 0 Å². The van der Waals surface area contributed by atoms with Gasteiger partial charge in [-0.05, 0) is 18.6 Å². The minimum Gasteiger partial charge on any atom is -0.508 e. The predicted molar refractivity (Wildman–Crippen MR) is 78.1 cm³/mol. The predicted octanol–water partition coefficient (Wildman–Crippen LogP) is 1.48. The molecule has 1 heterocycles. The number of cyclic esters (lactones) is 1. The fraction of sp³-hybridized carbons (Fsp3) is 0.438. The van der Waals surface area contributed by atoms with Gasteiger partial charge in [0, 0.05) is 25.8 Å². The lowest BCUT2D eigenvalue weighted by atomic mass is 9.94. The van der Waals surface area contributed by atoms with E-state index in [1.807, 2.05) is 0 Å². The van der Waals surface area contributed by atoms with Gasteiger partial charge in [-0.1, -0.05) is 0 Å². The molecule has 2 atom stereocenters. The van der Waals surface area contributed by atoms with Gasteiger partial charge in [0.2, 0.25) is 0 Å². The largest absolute Gasteiger partial charge is 0.508 e. The molecule has 1 aliphatic heterocycles. The third-order valence-electron chi connectivity index (χ3n) is 3.47. The van der Waals surface area contributed by atoms with Crippen molar-refractivity contribution in [1.82, 2.24) is 0 Å². The lowest BCUT2D eigenvalue weighted by molar-refractivity contribution is -0.152. The van der Waals surface area contributed by atoms with Crippen LogP contribution in [-0.4, -0.2) is 40.1 Å². The van der Waals surface area contributed by atoms with Gasteiger partial charge in [-0.2, -0.15) is 0 Å².